The molecule has 0 atom stereocenters. The monoisotopic (exact) mass is 436 g/mol. The Hall–Kier alpha value is -3.33. The SMILES string of the molecule is O=C(Nc1cc(-c2nnc3n2CCCCC3)ccc1F)c1cccnc1N1CCOCC1. The average molecular weight is 436 g/mol. The number of aromatic nitrogens is 4. The molecule has 32 heavy (non-hydrogen) atoms. The third-order valence-corrected chi connectivity index (χ3v) is 5.92. The Kier molecular flexibility index (Phi) is 5.81. The van der Waals surface area contributed by atoms with Crippen molar-refractivity contribution in [1.82, 2.24) is 19.7 Å². The number of nitrogens with one attached hydrogen (secondary N) is 1. The Balaban J connectivity index is 1.42. The first-order valence-electron chi connectivity index (χ1n) is 11.0. The predicted molar refractivity (Wildman–Crippen MR) is 118 cm³/mol. The lowest BCUT2D eigenvalue weighted by molar-refractivity contribution is 0.102. The number of ether oxygens (including phenoxy) is 1. The van der Waals surface area contributed by atoms with E-state index in [0.29, 0.717) is 43.5 Å². The highest BCUT2D eigenvalue weighted by atomic mass is 19.1. The second kappa shape index (κ2) is 9.04. The van der Waals surface area contributed by atoms with Crippen LogP contribution in [-0.4, -0.2) is 52.0 Å². The number of anilines is 2. The van der Waals surface area contributed by atoms with Crippen LogP contribution >= 0.6 is 0 Å². The summed E-state index contributed by atoms with van der Waals surface area (Å²) in [4.78, 5) is 19.5. The Morgan fingerprint density at radius 2 is 1.94 bits per heavy atom. The van der Waals surface area contributed by atoms with Gasteiger partial charge in [-0.3, -0.25) is 4.79 Å². The van der Waals surface area contributed by atoms with Crippen LogP contribution in [0.4, 0.5) is 15.9 Å². The van der Waals surface area contributed by atoms with Crippen molar-refractivity contribution in [2.75, 3.05) is 36.5 Å². The van der Waals surface area contributed by atoms with E-state index in [4.69, 9.17) is 4.74 Å². The van der Waals surface area contributed by atoms with Gasteiger partial charge in [0.05, 0.1) is 24.5 Å². The minimum atomic E-state index is -0.505. The van der Waals surface area contributed by atoms with Crippen LogP contribution in [0.2, 0.25) is 0 Å². The van der Waals surface area contributed by atoms with Crippen molar-refractivity contribution in [2.45, 2.75) is 32.2 Å². The third-order valence-electron chi connectivity index (χ3n) is 5.92. The molecule has 3 aromatic rings. The zero-order chi connectivity index (χ0) is 21.9. The minimum absolute atomic E-state index is 0.107. The number of hydrogen-bond acceptors (Lipinski definition) is 6. The smallest absolute Gasteiger partial charge is 0.259 e. The van der Waals surface area contributed by atoms with E-state index in [9.17, 15) is 9.18 Å². The molecule has 2 aliphatic heterocycles. The summed E-state index contributed by atoms with van der Waals surface area (Å²) in [6.45, 7) is 3.31. The van der Waals surface area contributed by atoms with Crippen LogP contribution in [0.25, 0.3) is 11.4 Å². The number of morpholine rings is 1. The van der Waals surface area contributed by atoms with Gasteiger partial charge in [0, 0.05) is 37.8 Å². The molecule has 1 N–H and O–H groups in total. The largest absolute Gasteiger partial charge is 0.378 e. The molecule has 2 aliphatic rings. The van der Waals surface area contributed by atoms with Crippen LogP contribution in [0, 0.1) is 5.82 Å². The van der Waals surface area contributed by atoms with Crippen molar-refractivity contribution in [3.63, 3.8) is 0 Å². The van der Waals surface area contributed by atoms with E-state index in [2.05, 4.69) is 25.1 Å². The molecule has 1 fully saturated rings. The third kappa shape index (κ3) is 4.08. The van der Waals surface area contributed by atoms with E-state index in [1.807, 2.05) is 4.90 Å². The highest BCUT2D eigenvalue weighted by Gasteiger charge is 2.22. The van der Waals surface area contributed by atoms with Crippen LogP contribution in [0.1, 0.15) is 35.4 Å². The van der Waals surface area contributed by atoms with Gasteiger partial charge in [0.2, 0.25) is 0 Å². The van der Waals surface area contributed by atoms with Gasteiger partial charge in [0.15, 0.2) is 5.82 Å². The number of pyridine rings is 1. The number of aryl methyl sites for hydroxylation is 1. The van der Waals surface area contributed by atoms with Gasteiger partial charge in [-0.25, -0.2) is 9.37 Å². The molecule has 9 heteroatoms. The van der Waals surface area contributed by atoms with Crippen LogP contribution in [0.5, 0.6) is 0 Å². The highest BCUT2D eigenvalue weighted by molar-refractivity contribution is 6.07. The van der Waals surface area contributed by atoms with E-state index >= 15 is 0 Å². The first-order chi connectivity index (χ1) is 15.7. The quantitative estimate of drug-likeness (QED) is 0.676. The normalized spacial score (nSPS) is 16.3. The lowest BCUT2D eigenvalue weighted by Crippen LogP contribution is -2.38. The van der Waals surface area contributed by atoms with Crippen molar-refractivity contribution in [1.29, 1.82) is 0 Å². The highest BCUT2D eigenvalue weighted by Crippen LogP contribution is 2.27. The number of fused-ring (bicyclic) bond motifs is 1. The number of amides is 1. The molecule has 1 amide bonds. The lowest BCUT2D eigenvalue weighted by Gasteiger charge is -2.29. The Morgan fingerprint density at radius 3 is 2.81 bits per heavy atom. The van der Waals surface area contributed by atoms with E-state index in [1.165, 1.54) is 6.07 Å². The van der Waals surface area contributed by atoms with E-state index in [0.717, 1.165) is 43.6 Å². The second-order valence-electron chi connectivity index (χ2n) is 8.02. The summed E-state index contributed by atoms with van der Waals surface area (Å²) < 4.78 is 22.1. The van der Waals surface area contributed by atoms with Gasteiger partial charge in [-0.1, -0.05) is 6.42 Å². The van der Waals surface area contributed by atoms with E-state index in [-0.39, 0.29) is 5.69 Å². The van der Waals surface area contributed by atoms with E-state index in [1.54, 1.807) is 30.5 Å². The number of carbonyl (C=O) groups excluding carboxylic acids is 1. The summed E-state index contributed by atoms with van der Waals surface area (Å²) >= 11 is 0. The van der Waals surface area contributed by atoms with Crippen LogP contribution in [0.15, 0.2) is 36.5 Å². The zero-order valence-electron chi connectivity index (χ0n) is 17.8. The molecule has 1 saturated heterocycles. The van der Waals surface area contributed by atoms with Crippen molar-refractivity contribution in [3.8, 4) is 11.4 Å². The van der Waals surface area contributed by atoms with Crippen molar-refractivity contribution in [3.05, 3.63) is 53.7 Å². The van der Waals surface area contributed by atoms with Crippen molar-refractivity contribution < 1.29 is 13.9 Å². The number of carbonyl (C=O) groups is 1. The number of hydrogen-bond donors (Lipinski definition) is 1. The molecule has 0 bridgehead atoms. The Labute approximate surface area is 185 Å². The summed E-state index contributed by atoms with van der Waals surface area (Å²) in [5, 5.41) is 11.4. The van der Waals surface area contributed by atoms with Gasteiger partial charge >= 0.3 is 0 Å². The summed E-state index contributed by atoms with van der Waals surface area (Å²) in [6, 6.07) is 8.07. The van der Waals surface area contributed by atoms with Crippen LogP contribution in [0.3, 0.4) is 0 Å². The molecule has 4 heterocycles. The van der Waals surface area contributed by atoms with Crippen LogP contribution in [-0.2, 0) is 17.7 Å². The minimum Gasteiger partial charge on any atom is -0.378 e. The van der Waals surface area contributed by atoms with Gasteiger partial charge in [0.25, 0.3) is 5.91 Å². The number of nitrogens with zero attached hydrogens (tertiary/aromatic N) is 5. The van der Waals surface area contributed by atoms with Gasteiger partial charge in [-0.05, 0) is 43.2 Å². The number of halogens is 1. The molecule has 0 radical (unpaired) electrons. The first kappa shape index (κ1) is 20.6. The molecule has 8 nitrogen and oxygen atoms in total. The number of benzene rings is 1. The molecular weight excluding hydrogens is 411 g/mol. The maximum Gasteiger partial charge on any atom is 0.259 e. The molecule has 1 aromatic carbocycles. The fourth-order valence-corrected chi connectivity index (χ4v) is 4.25. The molecule has 0 aliphatic carbocycles. The molecule has 0 unspecified atom stereocenters. The molecular formula is C23H25FN6O2. The molecule has 0 saturated carbocycles. The maximum absolute atomic E-state index is 14.6. The van der Waals surface area contributed by atoms with Gasteiger partial charge in [-0.2, -0.15) is 0 Å². The summed E-state index contributed by atoms with van der Waals surface area (Å²) in [5.41, 5.74) is 1.23. The van der Waals surface area contributed by atoms with E-state index < -0.39 is 11.7 Å². The summed E-state index contributed by atoms with van der Waals surface area (Å²) in [7, 11) is 0. The second-order valence-corrected chi connectivity index (χ2v) is 8.02. The van der Waals surface area contributed by atoms with Crippen molar-refractivity contribution >= 4 is 17.4 Å². The lowest BCUT2D eigenvalue weighted by atomic mass is 10.1. The fourth-order valence-electron chi connectivity index (χ4n) is 4.25. The predicted octanol–water partition coefficient (Wildman–Crippen LogP) is 3.29. The van der Waals surface area contributed by atoms with Gasteiger partial charge < -0.3 is 19.5 Å². The number of rotatable bonds is 4. The van der Waals surface area contributed by atoms with Crippen molar-refractivity contribution in [2.24, 2.45) is 0 Å². The molecule has 2 aromatic heterocycles. The topological polar surface area (TPSA) is 85.2 Å². The van der Waals surface area contributed by atoms with Gasteiger partial charge in [-0.15, -0.1) is 10.2 Å². The average Bonchev–Trinajstić information content (AvgIpc) is 3.09. The Morgan fingerprint density at radius 1 is 1.06 bits per heavy atom. The molecule has 166 valence electrons. The molecule has 5 rings (SSSR count). The van der Waals surface area contributed by atoms with Gasteiger partial charge in [0.1, 0.15) is 17.5 Å². The summed E-state index contributed by atoms with van der Waals surface area (Å²) in [6.07, 6.45) is 5.86. The standard InChI is InChI=1S/C23H25FN6O2/c24-18-8-7-16(21-28-27-20-6-2-1-3-10-30(20)21)15-19(18)26-23(31)17-5-4-9-25-22(17)29-11-13-32-14-12-29/h4-5,7-9,15H,1-3,6,10-14H2,(H,26,31). The fraction of sp³-hybridized carbons (Fsp3) is 0.391. The maximum atomic E-state index is 14.6. The molecule has 0 spiro atoms. The Bertz CT molecular complexity index is 1130. The van der Waals surface area contributed by atoms with Crippen LogP contribution < -0.4 is 10.2 Å². The zero-order valence-corrected chi connectivity index (χ0v) is 17.8. The summed E-state index contributed by atoms with van der Waals surface area (Å²) in [5.74, 6) is 1.32. The first-order valence-corrected chi connectivity index (χ1v) is 11.0.